The molecule has 1 aromatic carbocycles. The third kappa shape index (κ3) is 1.96. The van der Waals surface area contributed by atoms with Crippen LogP contribution in [0.3, 0.4) is 0 Å². The fourth-order valence-electron chi connectivity index (χ4n) is 3.33. The first-order chi connectivity index (χ1) is 9.59. The molecule has 0 saturated carbocycles. The lowest BCUT2D eigenvalue weighted by Gasteiger charge is -2.24. The number of nitrogens with one attached hydrogen (secondary N) is 1. The highest BCUT2D eigenvalue weighted by Gasteiger charge is 2.41. The van der Waals surface area contributed by atoms with Gasteiger partial charge in [0.05, 0.1) is 4.92 Å². The Morgan fingerprint density at radius 1 is 1.45 bits per heavy atom. The molecular weight excluding hydrogens is 258 g/mol. The SMILES string of the molecule is Cc1cccc([N+](=O)[O-])c1C(=O)N1CC[C@H]2CNC[C@H]21. The Balaban J connectivity index is 1.97. The van der Waals surface area contributed by atoms with Gasteiger partial charge >= 0.3 is 0 Å². The highest BCUT2D eigenvalue weighted by molar-refractivity contribution is 6.00. The Morgan fingerprint density at radius 3 is 3.00 bits per heavy atom. The van der Waals surface area contributed by atoms with Gasteiger partial charge in [-0.25, -0.2) is 0 Å². The van der Waals surface area contributed by atoms with E-state index >= 15 is 0 Å². The van der Waals surface area contributed by atoms with Gasteiger partial charge in [0.25, 0.3) is 11.6 Å². The van der Waals surface area contributed by atoms with Crippen molar-refractivity contribution in [3.8, 4) is 0 Å². The van der Waals surface area contributed by atoms with Crippen molar-refractivity contribution in [1.29, 1.82) is 0 Å². The third-order valence-electron chi connectivity index (χ3n) is 4.37. The molecule has 0 aromatic heterocycles. The molecule has 3 rings (SSSR count). The van der Waals surface area contributed by atoms with Crippen LogP contribution in [-0.2, 0) is 0 Å². The van der Waals surface area contributed by atoms with E-state index in [1.807, 2.05) is 0 Å². The zero-order valence-electron chi connectivity index (χ0n) is 11.3. The smallest absolute Gasteiger partial charge is 0.282 e. The van der Waals surface area contributed by atoms with Crippen molar-refractivity contribution in [1.82, 2.24) is 10.2 Å². The molecule has 106 valence electrons. The van der Waals surface area contributed by atoms with Gasteiger partial charge in [-0.3, -0.25) is 14.9 Å². The molecule has 2 fully saturated rings. The fraction of sp³-hybridized carbons (Fsp3) is 0.500. The summed E-state index contributed by atoms with van der Waals surface area (Å²) >= 11 is 0. The summed E-state index contributed by atoms with van der Waals surface area (Å²) in [7, 11) is 0. The molecule has 0 unspecified atom stereocenters. The van der Waals surface area contributed by atoms with Gasteiger partial charge < -0.3 is 10.2 Å². The molecule has 0 radical (unpaired) electrons. The van der Waals surface area contributed by atoms with Crippen molar-refractivity contribution in [3.05, 3.63) is 39.4 Å². The van der Waals surface area contributed by atoms with Crippen LogP contribution in [0.1, 0.15) is 22.3 Å². The number of nitro groups is 1. The van der Waals surface area contributed by atoms with E-state index in [2.05, 4.69) is 5.32 Å². The van der Waals surface area contributed by atoms with Crippen molar-refractivity contribution >= 4 is 11.6 Å². The second kappa shape index (κ2) is 4.86. The van der Waals surface area contributed by atoms with Crippen LogP contribution in [-0.4, -0.2) is 41.4 Å². The molecule has 0 spiro atoms. The molecule has 0 bridgehead atoms. The number of nitro benzene ring substituents is 1. The quantitative estimate of drug-likeness (QED) is 0.652. The monoisotopic (exact) mass is 275 g/mol. The summed E-state index contributed by atoms with van der Waals surface area (Å²) in [4.78, 5) is 25.2. The third-order valence-corrected chi connectivity index (χ3v) is 4.37. The van der Waals surface area contributed by atoms with E-state index in [0.29, 0.717) is 18.0 Å². The van der Waals surface area contributed by atoms with Crippen LogP contribution in [0.4, 0.5) is 5.69 Å². The lowest BCUT2D eigenvalue weighted by atomic mass is 10.0. The Hall–Kier alpha value is -1.95. The minimum atomic E-state index is -0.472. The second-order valence-corrected chi connectivity index (χ2v) is 5.50. The van der Waals surface area contributed by atoms with Crippen LogP contribution in [0.5, 0.6) is 0 Å². The van der Waals surface area contributed by atoms with Gasteiger partial charge in [0.1, 0.15) is 5.56 Å². The largest absolute Gasteiger partial charge is 0.334 e. The van der Waals surface area contributed by atoms with Gasteiger partial charge in [-0.05, 0) is 24.8 Å². The number of carbonyl (C=O) groups excluding carboxylic acids is 1. The molecule has 1 N–H and O–H groups in total. The molecule has 0 aliphatic carbocycles. The maximum atomic E-state index is 12.7. The van der Waals surface area contributed by atoms with Gasteiger partial charge in [-0.15, -0.1) is 0 Å². The molecule has 2 aliphatic heterocycles. The zero-order valence-corrected chi connectivity index (χ0v) is 11.3. The number of rotatable bonds is 2. The van der Waals surface area contributed by atoms with Crippen molar-refractivity contribution < 1.29 is 9.72 Å². The molecule has 6 heteroatoms. The number of benzene rings is 1. The molecule has 20 heavy (non-hydrogen) atoms. The Bertz CT molecular complexity index is 573. The Kier molecular flexibility index (Phi) is 3.17. The van der Waals surface area contributed by atoms with E-state index in [4.69, 9.17) is 0 Å². The van der Waals surface area contributed by atoms with Crippen LogP contribution in [0.15, 0.2) is 18.2 Å². The van der Waals surface area contributed by atoms with Gasteiger partial charge in [0.2, 0.25) is 0 Å². The number of hydrogen-bond acceptors (Lipinski definition) is 4. The number of nitrogens with zero attached hydrogens (tertiary/aromatic N) is 2. The van der Waals surface area contributed by atoms with E-state index in [1.165, 1.54) is 6.07 Å². The van der Waals surface area contributed by atoms with E-state index in [9.17, 15) is 14.9 Å². The maximum Gasteiger partial charge on any atom is 0.282 e. The van der Waals surface area contributed by atoms with Crippen LogP contribution in [0, 0.1) is 23.0 Å². The number of likely N-dealkylation sites (tertiary alicyclic amines) is 1. The summed E-state index contributed by atoms with van der Waals surface area (Å²) in [6.45, 7) is 4.17. The first-order valence-electron chi connectivity index (χ1n) is 6.85. The van der Waals surface area contributed by atoms with Gasteiger partial charge in [0, 0.05) is 31.7 Å². The topological polar surface area (TPSA) is 75.5 Å². The maximum absolute atomic E-state index is 12.7. The van der Waals surface area contributed by atoms with E-state index in [-0.39, 0.29) is 23.2 Å². The van der Waals surface area contributed by atoms with Gasteiger partial charge in [-0.2, -0.15) is 0 Å². The van der Waals surface area contributed by atoms with Gasteiger partial charge in [-0.1, -0.05) is 12.1 Å². The first-order valence-corrected chi connectivity index (χ1v) is 6.85. The summed E-state index contributed by atoms with van der Waals surface area (Å²) in [6, 6.07) is 4.96. The Morgan fingerprint density at radius 2 is 2.25 bits per heavy atom. The van der Waals surface area contributed by atoms with Crippen LogP contribution >= 0.6 is 0 Å². The number of hydrogen-bond donors (Lipinski definition) is 1. The molecule has 2 saturated heterocycles. The van der Waals surface area contributed by atoms with Gasteiger partial charge in [0.15, 0.2) is 0 Å². The lowest BCUT2D eigenvalue weighted by molar-refractivity contribution is -0.385. The van der Waals surface area contributed by atoms with Crippen LogP contribution in [0.2, 0.25) is 0 Å². The van der Waals surface area contributed by atoms with Crippen LogP contribution < -0.4 is 5.32 Å². The van der Waals surface area contributed by atoms with E-state index in [1.54, 1.807) is 24.0 Å². The van der Waals surface area contributed by atoms with Crippen LogP contribution in [0.25, 0.3) is 0 Å². The Labute approximate surface area is 116 Å². The molecule has 2 aliphatic rings. The molecule has 2 atom stereocenters. The molecule has 1 aromatic rings. The molecule has 6 nitrogen and oxygen atoms in total. The summed E-state index contributed by atoms with van der Waals surface area (Å²) in [5, 5.41) is 14.4. The average molecular weight is 275 g/mol. The summed E-state index contributed by atoms with van der Waals surface area (Å²) in [5.74, 6) is 0.285. The average Bonchev–Trinajstić information content (AvgIpc) is 2.99. The number of fused-ring (bicyclic) bond motifs is 1. The minimum absolute atomic E-state index is 0.0931. The second-order valence-electron chi connectivity index (χ2n) is 5.50. The normalized spacial score (nSPS) is 24.8. The van der Waals surface area contributed by atoms with Crippen molar-refractivity contribution in [3.63, 3.8) is 0 Å². The summed E-state index contributed by atoms with van der Waals surface area (Å²) in [5.41, 5.74) is 0.813. The molecular formula is C14H17N3O3. The standard InChI is InChI=1S/C14H17N3O3/c1-9-3-2-4-11(17(19)20)13(9)14(18)16-6-5-10-7-15-8-12(10)16/h2-4,10,12,15H,5-8H2,1H3/t10-,12+/m0/s1. The summed E-state index contributed by atoms with van der Waals surface area (Å²) in [6.07, 6.45) is 0.975. The van der Waals surface area contributed by atoms with Crippen molar-refractivity contribution in [2.24, 2.45) is 5.92 Å². The van der Waals surface area contributed by atoms with E-state index < -0.39 is 4.92 Å². The molecule has 1 amide bonds. The highest BCUT2D eigenvalue weighted by atomic mass is 16.6. The summed E-state index contributed by atoms with van der Waals surface area (Å²) < 4.78 is 0. The number of aryl methyl sites for hydroxylation is 1. The zero-order chi connectivity index (χ0) is 14.3. The first kappa shape index (κ1) is 13.1. The molecule has 2 heterocycles. The van der Waals surface area contributed by atoms with Crippen molar-refractivity contribution in [2.75, 3.05) is 19.6 Å². The number of carbonyl (C=O) groups is 1. The number of amides is 1. The predicted molar refractivity (Wildman–Crippen MR) is 73.6 cm³/mol. The highest BCUT2D eigenvalue weighted by Crippen LogP contribution is 2.31. The fourth-order valence-corrected chi connectivity index (χ4v) is 3.33. The van der Waals surface area contributed by atoms with Crippen molar-refractivity contribution in [2.45, 2.75) is 19.4 Å². The lowest BCUT2D eigenvalue weighted by Crippen LogP contribution is -2.39. The minimum Gasteiger partial charge on any atom is -0.334 e. The van der Waals surface area contributed by atoms with E-state index in [0.717, 1.165) is 19.5 Å². The predicted octanol–water partition coefficient (Wildman–Crippen LogP) is 1.34.